The molecule has 29 heavy (non-hydrogen) atoms. The number of hydrogen-bond donors (Lipinski definition) is 1. The molecule has 154 valence electrons. The summed E-state index contributed by atoms with van der Waals surface area (Å²) < 4.78 is 5.17. The molecule has 2 aromatic carbocycles. The highest BCUT2D eigenvalue weighted by Gasteiger charge is 2.34. The molecule has 1 atom stereocenters. The number of anilines is 1. The smallest absolute Gasteiger partial charge is 0.229 e. The minimum atomic E-state index is -0.305. The van der Waals surface area contributed by atoms with Crippen LogP contribution in [0.15, 0.2) is 48.5 Å². The molecule has 2 amide bonds. The highest BCUT2D eigenvalue weighted by molar-refractivity contribution is 5.97. The Hall–Kier alpha value is -2.82. The van der Waals surface area contributed by atoms with Gasteiger partial charge in [0, 0.05) is 25.2 Å². The van der Waals surface area contributed by atoms with E-state index >= 15 is 0 Å². The molecule has 1 heterocycles. The molecule has 0 saturated carbocycles. The third kappa shape index (κ3) is 5.37. The number of nitrogens with zero attached hydrogens (tertiary/aromatic N) is 1. The second-order valence-corrected chi connectivity index (χ2v) is 8.66. The second-order valence-electron chi connectivity index (χ2n) is 8.66. The van der Waals surface area contributed by atoms with Gasteiger partial charge in [-0.2, -0.15) is 0 Å². The third-order valence-corrected chi connectivity index (χ3v) is 5.43. The summed E-state index contributed by atoms with van der Waals surface area (Å²) in [5.41, 5.74) is 3.21. The molecule has 1 N–H and O–H groups in total. The van der Waals surface area contributed by atoms with E-state index in [9.17, 15) is 9.59 Å². The molecule has 0 aromatic heterocycles. The molecule has 5 heteroatoms. The number of nitrogens with one attached hydrogen (secondary N) is 1. The van der Waals surface area contributed by atoms with Gasteiger partial charge in [0.15, 0.2) is 0 Å². The van der Waals surface area contributed by atoms with E-state index < -0.39 is 0 Å². The average molecular weight is 395 g/mol. The fourth-order valence-electron chi connectivity index (χ4n) is 3.52. The van der Waals surface area contributed by atoms with Crippen LogP contribution in [0, 0.1) is 5.92 Å². The van der Waals surface area contributed by atoms with E-state index in [2.05, 4.69) is 26.1 Å². The van der Waals surface area contributed by atoms with Gasteiger partial charge in [0.05, 0.1) is 13.0 Å². The van der Waals surface area contributed by atoms with Crippen molar-refractivity contribution in [3.8, 4) is 5.75 Å². The van der Waals surface area contributed by atoms with Crippen LogP contribution >= 0.6 is 0 Å². The molecule has 1 saturated heterocycles. The maximum atomic E-state index is 12.6. The van der Waals surface area contributed by atoms with Crippen LogP contribution in [0.5, 0.6) is 5.75 Å². The van der Waals surface area contributed by atoms with Crippen LogP contribution < -0.4 is 10.1 Å². The van der Waals surface area contributed by atoms with E-state index in [-0.39, 0.29) is 29.6 Å². The summed E-state index contributed by atoms with van der Waals surface area (Å²) in [6.45, 7) is 7.57. The fraction of sp³-hybridized carbons (Fsp3) is 0.417. The first kappa shape index (κ1) is 20.9. The van der Waals surface area contributed by atoms with Gasteiger partial charge in [0.25, 0.3) is 0 Å². The Morgan fingerprint density at radius 1 is 1.10 bits per heavy atom. The number of carbonyl (C=O) groups is 2. The van der Waals surface area contributed by atoms with Crippen molar-refractivity contribution in [3.63, 3.8) is 0 Å². The molecule has 1 aliphatic rings. The summed E-state index contributed by atoms with van der Waals surface area (Å²) in [5, 5.41) is 2.96. The van der Waals surface area contributed by atoms with Crippen LogP contribution in [0.2, 0.25) is 0 Å². The molecule has 1 fully saturated rings. The van der Waals surface area contributed by atoms with Crippen molar-refractivity contribution in [1.82, 2.24) is 4.90 Å². The van der Waals surface area contributed by atoms with E-state index in [0.717, 1.165) is 23.4 Å². The highest BCUT2D eigenvalue weighted by Crippen LogP contribution is 2.25. The van der Waals surface area contributed by atoms with Crippen molar-refractivity contribution >= 4 is 17.5 Å². The van der Waals surface area contributed by atoms with Crippen LogP contribution in [-0.4, -0.2) is 36.9 Å². The summed E-state index contributed by atoms with van der Waals surface area (Å²) in [6, 6.07) is 15.8. The van der Waals surface area contributed by atoms with Crippen LogP contribution in [-0.2, 0) is 21.4 Å². The Labute approximate surface area is 173 Å². The summed E-state index contributed by atoms with van der Waals surface area (Å²) >= 11 is 0. The normalized spacial score (nSPS) is 16.8. The highest BCUT2D eigenvalue weighted by atomic mass is 16.5. The minimum absolute atomic E-state index is 0.0433. The predicted molar refractivity (Wildman–Crippen MR) is 115 cm³/mol. The van der Waals surface area contributed by atoms with Crippen LogP contribution in [0.4, 0.5) is 5.69 Å². The number of hydrogen-bond acceptors (Lipinski definition) is 3. The SMILES string of the molecule is COc1ccc(CCN2CC(C(=O)Nc3ccc(C(C)(C)C)cc3)CC2=O)cc1. The Bertz CT molecular complexity index is 851. The van der Waals surface area contributed by atoms with Crippen LogP contribution in [0.3, 0.4) is 0 Å². The molecule has 2 aromatic rings. The molecule has 1 unspecified atom stereocenters. The van der Waals surface area contributed by atoms with Crippen LogP contribution in [0.25, 0.3) is 0 Å². The molecule has 0 aliphatic carbocycles. The molecular formula is C24H30N2O3. The molecular weight excluding hydrogens is 364 g/mol. The largest absolute Gasteiger partial charge is 0.497 e. The lowest BCUT2D eigenvalue weighted by Crippen LogP contribution is -2.30. The quantitative estimate of drug-likeness (QED) is 0.805. The van der Waals surface area contributed by atoms with Crippen LogP contribution in [0.1, 0.15) is 38.3 Å². The Balaban J connectivity index is 1.52. The Morgan fingerprint density at radius 2 is 1.76 bits per heavy atom. The van der Waals surface area contributed by atoms with Crippen molar-refractivity contribution in [2.45, 2.75) is 39.0 Å². The predicted octanol–water partition coefficient (Wildman–Crippen LogP) is 4.02. The number of carbonyl (C=O) groups excluding carboxylic acids is 2. The zero-order valence-electron chi connectivity index (χ0n) is 17.7. The van der Waals surface area contributed by atoms with Crippen molar-refractivity contribution in [2.75, 3.05) is 25.5 Å². The van der Waals surface area contributed by atoms with Gasteiger partial charge in [-0.3, -0.25) is 9.59 Å². The van der Waals surface area contributed by atoms with Gasteiger partial charge in [-0.05, 0) is 47.2 Å². The summed E-state index contributed by atoms with van der Waals surface area (Å²) in [6.07, 6.45) is 1.03. The minimum Gasteiger partial charge on any atom is -0.497 e. The zero-order valence-corrected chi connectivity index (χ0v) is 17.7. The maximum Gasteiger partial charge on any atom is 0.229 e. The monoisotopic (exact) mass is 394 g/mol. The number of methoxy groups -OCH3 is 1. The van der Waals surface area contributed by atoms with E-state index in [0.29, 0.717) is 13.1 Å². The third-order valence-electron chi connectivity index (χ3n) is 5.43. The fourth-order valence-corrected chi connectivity index (χ4v) is 3.52. The zero-order chi connectivity index (χ0) is 21.0. The van der Waals surface area contributed by atoms with Gasteiger partial charge in [0.2, 0.25) is 11.8 Å². The summed E-state index contributed by atoms with van der Waals surface area (Å²) in [4.78, 5) is 26.8. The Kier molecular flexibility index (Phi) is 6.26. The van der Waals surface area contributed by atoms with E-state index in [1.165, 1.54) is 5.56 Å². The molecule has 1 aliphatic heterocycles. The average Bonchev–Trinajstić information content (AvgIpc) is 3.07. The van der Waals surface area contributed by atoms with Gasteiger partial charge < -0.3 is 15.0 Å². The number of amides is 2. The van der Waals surface area contributed by atoms with E-state index in [1.54, 1.807) is 12.0 Å². The standard InChI is InChI=1S/C24H30N2O3/c1-24(2,3)19-7-9-20(10-8-19)25-23(28)18-15-22(27)26(16-18)14-13-17-5-11-21(29-4)12-6-17/h5-12,18H,13-16H2,1-4H3,(H,25,28). The van der Waals surface area contributed by atoms with Gasteiger partial charge in [0.1, 0.15) is 5.75 Å². The summed E-state index contributed by atoms with van der Waals surface area (Å²) in [5.74, 6) is 0.467. The van der Waals surface area contributed by atoms with E-state index in [1.807, 2.05) is 48.5 Å². The van der Waals surface area contributed by atoms with Crippen molar-refractivity contribution in [3.05, 3.63) is 59.7 Å². The van der Waals surface area contributed by atoms with Gasteiger partial charge in [-0.15, -0.1) is 0 Å². The lowest BCUT2D eigenvalue weighted by Gasteiger charge is -2.19. The lowest BCUT2D eigenvalue weighted by molar-refractivity contribution is -0.128. The summed E-state index contributed by atoms with van der Waals surface area (Å²) in [7, 11) is 1.64. The number of rotatable bonds is 6. The molecule has 0 radical (unpaired) electrons. The van der Waals surface area contributed by atoms with Crippen molar-refractivity contribution in [1.29, 1.82) is 0 Å². The number of ether oxygens (including phenoxy) is 1. The first-order valence-electron chi connectivity index (χ1n) is 10.1. The topological polar surface area (TPSA) is 58.6 Å². The van der Waals surface area contributed by atoms with E-state index in [4.69, 9.17) is 4.74 Å². The number of likely N-dealkylation sites (tertiary alicyclic amines) is 1. The number of benzene rings is 2. The van der Waals surface area contributed by atoms with Crippen molar-refractivity contribution in [2.24, 2.45) is 5.92 Å². The Morgan fingerprint density at radius 3 is 2.34 bits per heavy atom. The maximum absolute atomic E-state index is 12.6. The molecule has 0 spiro atoms. The van der Waals surface area contributed by atoms with Crippen molar-refractivity contribution < 1.29 is 14.3 Å². The second kappa shape index (κ2) is 8.68. The van der Waals surface area contributed by atoms with Gasteiger partial charge in [-0.25, -0.2) is 0 Å². The lowest BCUT2D eigenvalue weighted by atomic mass is 9.87. The molecule has 5 nitrogen and oxygen atoms in total. The first-order valence-corrected chi connectivity index (χ1v) is 10.1. The van der Waals surface area contributed by atoms with Gasteiger partial charge in [-0.1, -0.05) is 45.0 Å². The molecule has 3 rings (SSSR count). The first-order chi connectivity index (χ1) is 13.8. The van der Waals surface area contributed by atoms with Gasteiger partial charge >= 0.3 is 0 Å². The molecule has 0 bridgehead atoms.